The van der Waals surface area contributed by atoms with Gasteiger partial charge in [-0.05, 0) is 31.0 Å². The van der Waals surface area contributed by atoms with Crippen molar-refractivity contribution in [1.29, 1.82) is 0 Å². The molecule has 1 saturated heterocycles. The van der Waals surface area contributed by atoms with E-state index in [1.165, 1.54) is 0 Å². The molecular formula is C14H17ClN2O2. The molecule has 1 aliphatic heterocycles. The number of carbonyl (C=O) groups excluding carboxylic acids is 2. The zero-order valence-corrected chi connectivity index (χ0v) is 11.7. The largest absolute Gasteiger partial charge is 0.352 e. The van der Waals surface area contributed by atoms with Gasteiger partial charge in [0.25, 0.3) is 5.91 Å². The van der Waals surface area contributed by atoms with Gasteiger partial charge in [-0.25, -0.2) is 0 Å². The van der Waals surface area contributed by atoms with E-state index in [0.717, 1.165) is 12.8 Å². The van der Waals surface area contributed by atoms with Gasteiger partial charge in [-0.1, -0.05) is 18.5 Å². The molecule has 0 atom stereocenters. The van der Waals surface area contributed by atoms with Gasteiger partial charge < -0.3 is 10.2 Å². The lowest BCUT2D eigenvalue weighted by Gasteiger charge is -2.19. The van der Waals surface area contributed by atoms with Crippen molar-refractivity contribution in [3.05, 3.63) is 28.8 Å². The van der Waals surface area contributed by atoms with Crippen molar-refractivity contribution in [2.24, 2.45) is 0 Å². The van der Waals surface area contributed by atoms with E-state index >= 15 is 0 Å². The minimum Gasteiger partial charge on any atom is -0.352 e. The Morgan fingerprint density at radius 3 is 2.89 bits per heavy atom. The number of hydrogen-bond acceptors (Lipinski definition) is 2. The van der Waals surface area contributed by atoms with Gasteiger partial charge in [0.1, 0.15) is 0 Å². The molecule has 1 aromatic rings. The third-order valence-corrected chi connectivity index (χ3v) is 3.34. The van der Waals surface area contributed by atoms with Crippen LogP contribution in [0.15, 0.2) is 18.2 Å². The molecule has 4 nitrogen and oxygen atoms in total. The zero-order valence-electron chi connectivity index (χ0n) is 10.9. The summed E-state index contributed by atoms with van der Waals surface area (Å²) >= 11 is 5.98. The summed E-state index contributed by atoms with van der Waals surface area (Å²) in [5.74, 6) is -0.111. The van der Waals surface area contributed by atoms with Crippen molar-refractivity contribution in [3.8, 4) is 0 Å². The summed E-state index contributed by atoms with van der Waals surface area (Å²) < 4.78 is 0. The van der Waals surface area contributed by atoms with E-state index in [0.29, 0.717) is 35.8 Å². The summed E-state index contributed by atoms with van der Waals surface area (Å²) in [7, 11) is 0. The number of nitrogens with one attached hydrogen (secondary N) is 1. The first-order valence-corrected chi connectivity index (χ1v) is 6.89. The number of hydrogen-bond donors (Lipinski definition) is 1. The highest BCUT2D eigenvalue weighted by Crippen LogP contribution is 2.28. The first kappa shape index (κ1) is 13.9. The molecule has 1 fully saturated rings. The molecule has 0 unspecified atom stereocenters. The second-order valence-corrected chi connectivity index (χ2v) is 5.00. The summed E-state index contributed by atoms with van der Waals surface area (Å²) in [6.45, 7) is 3.26. The molecule has 0 bridgehead atoms. The molecule has 102 valence electrons. The number of anilines is 1. The van der Waals surface area contributed by atoms with E-state index in [-0.39, 0.29) is 11.8 Å². The van der Waals surface area contributed by atoms with Crippen LogP contribution in [0.4, 0.5) is 5.69 Å². The smallest absolute Gasteiger partial charge is 0.253 e. The molecule has 1 aromatic carbocycles. The van der Waals surface area contributed by atoms with Crippen LogP contribution < -0.4 is 10.2 Å². The quantitative estimate of drug-likeness (QED) is 0.922. The van der Waals surface area contributed by atoms with Crippen LogP contribution in [0.25, 0.3) is 0 Å². The fraction of sp³-hybridized carbons (Fsp3) is 0.429. The van der Waals surface area contributed by atoms with Crippen LogP contribution in [0, 0.1) is 0 Å². The van der Waals surface area contributed by atoms with Crippen molar-refractivity contribution in [3.63, 3.8) is 0 Å². The van der Waals surface area contributed by atoms with Gasteiger partial charge in [-0.3, -0.25) is 9.59 Å². The Morgan fingerprint density at radius 1 is 1.47 bits per heavy atom. The zero-order chi connectivity index (χ0) is 13.8. The van der Waals surface area contributed by atoms with Gasteiger partial charge in [0.15, 0.2) is 0 Å². The second kappa shape index (κ2) is 6.06. The molecule has 5 heteroatoms. The summed E-state index contributed by atoms with van der Waals surface area (Å²) in [6, 6.07) is 5.03. The van der Waals surface area contributed by atoms with E-state index in [1.807, 2.05) is 6.92 Å². The van der Waals surface area contributed by atoms with Crippen LogP contribution in [0.1, 0.15) is 36.5 Å². The third-order valence-electron chi connectivity index (χ3n) is 3.10. The number of nitrogens with zero attached hydrogens (tertiary/aromatic N) is 1. The molecular weight excluding hydrogens is 264 g/mol. The second-order valence-electron chi connectivity index (χ2n) is 4.57. The average molecular weight is 281 g/mol. The van der Waals surface area contributed by atoms with Gasteiger partial charge >= 0.3 is 0 Å². The average Bonchev–Trinajstić information content (AvgIpc) is 2.82. The first-order chi connectivity index (χ1) is 9.13. The van der Waals surface area contributed by atoms with Gasteiger partial charge in [0.2, 0.25) is 5.91 Å². The van der Waals surface area contributed by atoms with Crippen LogP contribution in [-0.4, -0.2) is 24.9 Å². The maximum atomic E-state index is 12.1. The summed E-state index contributed by atoms with van der Waals surface area (Å²) in [4.78, 5) is 25.6. The predicted molar refractivity (Wildman–Crippen MR) is 75.7 cm³/mol. The normalized spacial score (nSPS) is 14.8. The highest BCUT2D eigenvalue weighted by Gasteiger charge is 2.25. The Hall–Kier alpha value is -1.55. The van der Waals surface area contributed by atoms with Crippen molar-refractivity contribution < 1.29 is 9.59 Å². The Kier molecular flexibility index (Phi) is 4.43. The lowest BCUT2D eigenvalue weighted by Crippen LogP contribution is -2.30. The maximum Gasteiger partial charge on any atom is 0.253 e. The van der Waals surface area contributed by atoms with Gasteiger partial charge in [0, 0.05) is 24.5 Å². The van der Waals surface area contributed by atoms with Crippen LogP contribution >= 0.6 is 11.6 Å². The van der Waals surface area contributed by atoms with Crippen molar-refractivity contribution in [1.82, 2.24) is 5.32 Å². The standard InChI is InChI=1S/C14H17ClN2O2/c1-2-7-16-14(19)11-6-5-10(15)9-12(11)17-8-3-4-13(17)18/h5-6,9H,2-4,7-8H2,1H3,(H,16,19). The number of rotatable bonds is 4. The fourth-order valence-corrected chi connectivity index (χ4v) is 2.32. The third kappa shape index (κ3) is 3.07. The number of benzene rings is 1. The van der Waals surface area contributed by atoms with Crippen molar-refractivity contribution in [2.75, 3.05) is 18.0 Å². The highest BCUT2D eigenvalue weighted by molar-refractivity contribution is 6.31. The van der Waals surface area contributed by atoms with Gasteiger partial charge in [-0.2, -0.15) is 0 Å². The summed E-state index contributed by atoms with van der Waals surface area (Å²) in [5, 5.41) is 3.36. The minimum absolute atomic E-state index is 0.0480. The van der Waals surface area contributed by atoms with E-state index < -0.39 is 0 Å². The molecule has 1 aliphatic rings. The minimum atomic E-state index is -0.159. The Labute approximate surface area is 117 Å². The van der Waals surface area contributed by atoms with E-state index in [2.05, 4.69) is 5.32 Å². The molecule has 0 aromatic heterocycles. The Balaban J connectivity index is 2.32. The topological polar surface area (TPSA) is 49.4 Å². The highest BCUT2D eigenvalue weighted by atomic mass is 35.5. The summed E-state index contributed by atoms with van der Waals surface area (Å²) in [6.07, 6.45) is 2.22. The molecule has 1 heterocycles. The van der Waals surface area contributed by atoms with Crippen LogP contribution in [-0.2, 0) is 4.79 Å². The van der Waals surface area contributed by atoms with Crippen molar-refractivity contribution >= 4 is 29.1 Å². The number of amides is 2. The van der Waals surface area contributed by atoms with E-state index in [9.17, 15) is 9.59 Å². The molecule has 19 heavy (non-hydrogen) atoms. The Bertz CT molecular complexity index is 502. The van der Waals surface area contributed by atoms with E-state index in [4.69, 9.17) is 11.6 Å². The van der Waals surface area contributed by atoms with Crippen molar-refractivity contribution in [2.45, 2.75) is 26.2 Å². The predicted octanol–water partition coefficient (Wildman–Crippen LogP) is 2.61. The molecule has 1 N–H and O–H groups in total. The van der Waals surface area contributed by atoms with E-state index in [1.54, 1.807) is 23.1 Å². The molecule has 2 amide bonds. The Morgan fingerprint density at radius 2 is 2.26 bits per heavy atom. The lowest BCUT2D eigenvalue weighted by molar-refractivity contribution is -0.117. The molecule has 0 saturated carbocycles. The molecule has 0 radical (unpaired) electrons. The number of halogens is 1. The van der Waals surface area contributed by atoms with Crippen LogP contribution in [0.3, 0.4) is 0 Å². The maximum absolute atomic E-state index is 12.1. The van der Waals surface area contributed by atoms with Crippen LogP contribution in [0.2, 0.25) is 5.02 Å². The first-order valence-electron chi connectivity index (χ1n) is 6.51. The molecule has 0 aliphatic carbocycles. The number of carbonyl (C=O) groups is 2. The van der Waals surface area contributed by atoms with Gasteiger partial charge in [0.05, 0.1) is 11.3 Å². The van der Waals surface area contributed by atoms with Gasteiger partial charge in [-0.15, -0.1) is 0 Å². The van der Waals surface area contributed by atoms with Crippen LogP contribution in [0.5, 0.6) is 0 Å². The molecule has 2 rings (SSSR count). The monoisotopic (exact) mass is 280 g/mol. The lowest BCUT2D eigenvalue weighted by atomic mass is 10.1. The summed E-state index contributed by atoms with van der Waals surface area (Å²) in [5.41, 5.74) is 1.12. The SMILES string of the molecule is CCCNC(=O)c1ccc(Cl)cc1N1CCCC1=O. The fourth-order valence-electron chi connectivity index (χ4n) is 2.16. The molecule has 0 spiro atoms.